The van der Waals surface area contributed by atoms with Crippen LogP contribution in [0.25, 0.3) is 0 Å². The van der Waals surface area contributed by atoms with Gasteiger partial charge in [-0.25, -0.2) is 0 Å². The van der Waals surface area contributed by atoms with E-state index >= 15 is 0 Å². The van der Waals surface area contributed by atoms with Crippen LogP contribution >= 0.6 is 11.6 Å². The van der Waals surface area contributed by atoms with Gasteiger partial charge in [0.1, 0.15) is 5.78 Å². The molecule has 0 saturated heterocycles. The zero-order valence-electron chi connectivity index (χ0n) is 11.4. The summed E-state index contributed by atoms with van der Waals surface area (Å²) in [6.45, 7) is 6.87. The van der Waals surface area contributed by atoms with Gasteiger partial charge in [0.25, 0.3) is 0 Å². The molecular formula is C14H21ClN2O. The smallest absolute Gasteiger partial charge is 0.141 e. The van der Waals surface area contributed by atoms with Gasteiger partial charge in [0.15, 0.2) is 0 Å². The minimum absolute atomic E-state index is 0.173. The van der Waals surface area contributed by atoms with Gasteiger partial charge in [0.05, 0.1) is 22.8 Å². The fourth-order valence-corrected chi connectivity index (χ4v) is 2.71. The van der Waals surface area contributed by atoms with Crippen LogP contribution in [0.2, 0.25) is 5.02 Å². The van der Waals surface area contributed by atoms with Crippen molar-refractivity contribution in [3.05, 3.63) is 16.4 Å². The van der Waals surface area contributed by atoms with Crippen molar-refractivity contribution in [2.75, 3.05) is 0 Å². The van der Waals surface area contributed by atoms with Gasteiger partial charge in [-0.1, -0.05) is 25.4 Å². The number of hydrogen-bond acceptors (Lipinski definition) is 2. The third kappa shape index (κ3) is 2.61. The fraction of sp³-hybridized carbons (Fsp3) is 0.714. The van der Waals surface area contributed by atoms with Crippen LogP contribution in [0.4, 0.5) is 0 Å². The lowest BCUT2D eigenvalue weighted by Crippen LogP contribution is -2.18. The highest BCUT2D eigenvalue weighted by atomic mass is 35.5. The zero-order chi connectivity index (χ0) is 13.3. The molecule has 1 aliphatic rings. The first-order valence-corrected chi connectivity index (χ1v) is 7.23. The summed E-state index contributed by atoms with van der Waals surface area (Å²) in [7, 11) is 0. The molecule has 0 amide bonds. The van der Waals surface area contributed by atoms with E-state index in [4.69, 9.17) is 11.6 Å². The quantitative estimate of drug-likeness (QED) is 0.794. The van der Waals surface area contributed by atoms with Crippen LogP contribution in [-0.4, -0.2) is 15.6 Å². The first kappa shape index (κ1) is 13.6. The maximum absolute atomic E-state index is 12.2. The molecule has 1 heterocycles. The second kappa shape index (κ2) is 5.43. The molecule has 1 aromatic rings. The SMILES string of the molecule is CCc1nn(CC)c(CC(=O)C(C)C2CC2)c1Cl. The molecule has 0 aliphatic heterocycles. The molecule has 100 valence electrons. The van der Waals surface area contributed by atoms with Gasteiger partial charge in [-0.15, -0.1) is 0 Å². The number of aromatic nitrogens is 2. The van der Waals surface area contributed by atoms with Crippen LogP contribution in [0, 0.1) is 11.8 Å². The Hall–Kier alpha value is -0.830. The number of hydrogen-bond donors (Lipinski definition) is 0. The topological polar surface area (TPSA) is 34.9 Å². The van der Waals surface area contributed by atoms with Gasteiger partial charge in [0.2, 0.25) is 0 Å². The van der Waals surface area contributed by atoms with E-state index < -0.39 is 0 Å². The molecule has 0 N–H and O–H groups in total. The first-order chi connectivity index (χ1) is 8.58. The fourth-order valence-electron chi connectivity index (χ4n) is 2.37. The van der Waals surface area contributed by atoms with Crippen LogP contribution in [-0.2, 0) is 24.2 Å². The second-order valence-corrected chi connectivity index (χ2v) is 5.52. The lowest BCUT2D eigenvalue weighted by Gasteiger charge is -2.10. The predicted molar refractivity (Wildman–Crippen MR) is 72.9 cm³/mol. The lowest BCUT2D eigenvalue weighted by molar-refractivity contribution is -0.122. The van der Waals surface area contributed by atoms with Gasteiger partial charge in [-0.3, -0.25) is 9.48 Å². The van der Waals surface area contributed by atoms with Crippen LogP contribution in [0.5, 0.6) is 0 Å². The number of rotatable bonds is 6. The third-order valence-electron chi connectivity index (χ3n) is 3.87. The summed E-state index contributed by atoms with van der Waals surface area (Å²) in [6, 6.07) is 0. The Morgan fingerprint density at radius 3 is 2.67 bits per heavy atom. The average molecular weight is 269 g/mol. The Kier molecular flexibility index (Phi) is 4.10. The molecular weight excluding hydrogens is 248 g/mol. The highest BCUT2D eigenvalue weighted by Gasteiger charge is 2.33. The van der Waals surface area contributed by atoms with E-state index in [1.165, 1.54) is 12.8 Å². The molecule has 0 radical (unpaired) electrons. The number of ketones is 1. The van der Waals surface area contributed by atoms with E-state index in [9.17, 15) is 4.79 Å². The molecule has 1 unspecified atom stereocenters. The number of carbonyl (C=O) groups excluding carboxylic acids is 1. The Morgan fingerprint density at radius 1 is 1.50 bits per heavy atom. The van der Waals surface area contributed by atoms with Crippen molar-refractivity contribution in [3.8, 4) is 0 Å². The monoisotopic (exact) mass is 268 g/mol. The van der Waals surface area contributed by atoms with Crippen molar-refractivity contribution < 1.29 is 4.79 Å². The van der Waals surface area contributed by atoms with E-state index in [0.717, 1.165) is 24.4 Å². The van der Waals surface area contributed by atoms with Crippen LogP contribution < -0.4 is 0 Å². The molecule has 0 aromatic carbocycles. The molecule has 1 aliphatic carbocycles. The lowest BCUT2D eigenvalue weighted by atomic mass is 9.97. The van der Waals surface area contributed by atoms with Crippen molar-refractivity contribution in [1.29, 1.82) is 0 Å². The van der Waals surface area contributed by atoms with Gasteiger partial charge < -0.3 is 0 Å². The molecule has 1 aromatic heterocycles. The van der Waals surface area contributed by atoms with E-state index in [2.05, 4.69) is 5.10 Å². The summed E-state index contributed by atoms with van der Waals surface area (Å²) in [4.78, 5) is 12.2. The largest absolute Gasteiger partial charge is 0.299 e. The van der Waals surface area contributed by atoms with E-state index in [1.807, 2.05) is 25.5 Å². The van der Waals surface area contributed by atoms with Crippen molar-refractivity contribution in [3.63, 3.8) is 0 Å². The van der Waals surface area contributed by atoms with Gasteiger partial charge >= 0.3 is 0 Å². The Labute approximate surface area is 114 Å². The van der Waals surface area contributed by atoms with Crippen LogP contribution in [0.15, 0.2) is 0 Å². The van der Waals surface area contributed by atoms with Crippen molar-refractivity contribution >= 4 is 17.4 Å². The molecule has 18 heavy (non-hydrogen) atoms. The molecule has 4 heteroatoms. The summed E-state index contributed by atoms with van der Waals surface area (Å²) >= 11 is 6.32. The molecule has 2 rings (SSSR count). The van der Waals surface area contributed by atoms with Gasteiger partial charge in [-0.05, 0) is 32.1 Å². The van der Waals surface area contributed by atoms with Gasteiger partial charge in [-0.2, -0.15) is 5.10 Å². The van der Waals surface area contributed by atoms with Crippen molar-refractivity contribution in [2.45, 2.75) is 53.0 Å². The number of carbonyl (C=O) groups is 1. The second-order valence-electron chi connectivity index (χ2n) is 5.15. The normalized spacial score (nSPS) is 16.9. The standard InChI is InChI=1S/C14H21ClN2O/c1-4-11-14(15)12(17(5-2)16-11)8-13(18)9(3)10-6-7-10/h9-10H,4-8H2,1-3H3. The number of Topliss-reactive ketones (excluding diaryl/α,β-unsaturated/α-hetero) is 1. The number of aryl methyl sites for hydroxylation is 2. The van der Waals surface area contributed by atoms with E-state index in [-0.39, 0.29) is 5.92 Å². The van der Waals surface area contributed by atoms with Crippen LogP contribution in [0.1, 0.15) is 45.0 Å². The van der Waals surface area contributed by atoms with Gasteiger partial charge in [0, 0.05) is 12.5 Å². The Morgan fingerprint density at radius 2 is 2.17 bits per heavy atom. The van der Waals surface area contributed by atoms with E-state index in [1.54, 1.807) is 0 Å². The average Bonchev–Trinajstić information content (AvgIpc) is 3.16. The molecule has 1 saturated carbocycles. The minimum Gasteiger partial charge on any atom is -0.299 e. The highest BCUT2D eigenvalue weighted by Crippen LogP contribution is 2.37. The summed E-state index contributed by atoms with van der Waals surface area (Å²) < 4.78 is 1.87. The summed E-state index contributed by atoms with van der Waals surface area (Å²) in [5, 5.41) is 5.14. The predicted octanol–water partition coefficient (Wildman–Crippen LogP) is 3.28. The molecule has 0 spiro atoms. The first-order valence-electron chi connectivity index (χ1n) is 6.85. The van der Waals surface area contributed by atoms with Crippen LogP contribution in [0.3, 0.4) is 0 Å². The number of halogens is 1. The Balaban J connectivity index is 2.16. The Bertz CT molecular complexity index is 449. The minimum atomic E-state index is 0.173. The molecule has 1 fully saturated rings. The zero-order valence-corrected chi connectivity index (χ0v) is 12.1. The highest BCUT2D eigenvalue weighted by molar-refractivity contribution is 6.32. The third-order valence-corrected chi connectivity index (χ3v) is 4.31. The summed E-state index contributed by atoms with van der Waals surface area (Å²) in [6.07, 6.45) is 3.64. The maximum Gasteiger partial charge on any atom is 0.141 e. The van der Waals surface area contributed by atoms with E-state index in [0.29, 0.717) is 23.1 Å². The molecule has 0 bridgehead atoms. The summed E-state index contributed by atoms with van der Waals surface area (Å²) in [5.41, 5.74) is 1.80. The summed E-state index contributed by atoms with van der Waals surface area (Å²) in [5.74, 6) is 1.09. The van der Waals surface area contributed by atoms with Crippen molar-refractivity contribution in [2.24, 2.45) is 11.8 Å². The molecule has 1 atom stereocenters. The van der Waals surface area contributed by atoms with Crippen molar-refractivity contribution in [1.82, 2.24) is 9.78 Å². The maximum atomic E-state index is 12.2. The number of nitrogens with zero attached hydrogens (tertiary/aromatic N) is 2. The molecule has 3 nitrogen and oxygen atoms in total.